The number of halogens is 1. The van der Waals surface area contributed by atoms with Crippen LogP contribution in [0.1, 0.15) is 41.3 Å². The highest BCUT2D eigenvalue weighted by Gasteiger charge is 2.22. The third-order valence-corrected chi connectivity index (χ3v) is 6.74. The van der Waals surface area contributed by atoms with E-state index in [4.69, 9.17) is 0 Å². The van der Waals surface area contributed by atoms with E-state index in [-0.39, 0.29) is 16.5 Å². The maximum Gasteiger partial charge on any atom is 0.282 e. The molecule has 2 N–H and O–H groups in total. The van der Waals surface area contributed by atoms with Crippen LogP contribution in [0.4, 0.5) is 10.1 Å². The van der Waals surface area contributed by atoms with Crippen LogP contribution in [0.2, 0.25) is 0 Å². The van der Waals surface area contributed by atoms with E-state index in [0.29, 0.717) is 16.8 Å². The van der Waals surface area contributed by atoms with Crippen molar-refractivity contribution in [1.82, 2.24) is 5.32 Å². The van der Waals surface area contributed by atoms with Crippen molar-refractivity contribution in [1.29, 1.82) is 0 Å². The monoisotopic (exact) mass is 431 g/mol. The number of nitrogens with one attached hydrogen (secondary N) is 2. The topological polar surface area (TPSA) is 87.6 Å². The molecule has 0 aliphatic carbocycles. The molecule has 30 heavy (non-hydrogen) atoms. The second-order valence-electron chi connectivity index (χ2n) is 7.60. The van der Waals surface area contributed by atoms with E-state index in [1.807, 2.05) is 6.07 Å². The van der Waals surface area contributed by atoms with Crippen molar-refractivity contribution in [3.63, 3.8) is 0 Å². The van der Waals surface area contributed by atoms with Gasteiger partial charge in [-0.25, -0.2) is 4.39 Å². The number of hydrogen-bond donors (Lipinski definition) is 2. The number of carbonyl (C=O) groups excluding carboxylic acids is 1. The summed E-state index contributed by atoms with van der Waals surface area (Å²) in [5.74, 6) is -1.17. The average molecular weight is 432 g/mol. The lowest BCUT2D eigenvalue weighted by atomic mass is 9.94. The minimum absolute atomic E-state index is 0.0405. The van der Waals surface area contributed by atoms with Crippen molar-refractivity contribution >= 4 is 27.3 Å². The molecule has 1 saturated heterocycles. The highest BCUT2D eigenvalue weighted by molar-refractivity contribution is 7.90. The highest BCUT2D eigenvalue weighted by Crippen LogP contribution is 2.27. The number of hydrogen-bond acceptors (Lipinski definition) is 4. The zero-order valence-corrected chi connectivity index (χ0v) is 18.1. The number of rotatable bonds is 5. The van der Waals surface area contributed by atoms with Crippen LogP contribution in [0.5, 0.6) is 0 Å². The molecular formula is C22H26FN3O3S. The van der Waals surface area contributed by atoms with E-state index in [0.717, 1.165) is 37.6 Å². The normalized spacial score (nSPS) is 15.8. The first-order valence-corrected chi connectivity index (χ1v) is 11.3. The van der Waals surface area contributed by atoms with Gasteiger partial charge in [-0.2, -0.15) is 12.8 Å². The maximum absolute atomic E-state index is 14.8. The Bertz CT molecular complexity index is 1070. The van der Waals surface area contributed by atoms with Crippen LogP contribution in [0.25, 0.3) is 0 Å². The van der Waals surface area contributed by atoms with Crippen molar-refractivity contribution in [2.24, 2.45) is 10.3 Å². The molecule has 1 amide bonds. The third-order valence-electron chi connectivity index (χ3n) is 5.38. The fourth-order valence-electron chi connectivity index (χ4n) is 3.58. The van der Waals surface area contributed by atoms with Crippen molar-refractivity contribution in [2.45, 2.75) is 38.5 Å². The summed E-state index contributed by atoms with van der Waals surface area (Å²) in [6, 6.07) is 9.22. The smallest absolute Gasteiger partial charge is 0.282 e. The number of anilines is 1. The molecule has 2 aromatic rings. The van der Waals surface area contributed by atoms with Crippen molar-refractivity contribution in [3.05, 3.63) is 58.9 Å². The Hall–Kier alpha value is -2.58. The quantitative estimate of drug-likeness (QED) is 0.704. The van der Waals surface area contributed by atoms with E-state index in [1.54, 1.807) is 39.0 Å². The maximum atomic E-state index is 14.8. The fourth-order valence-corrected chi connectivity index (χ4v) is 4.80. The number of carbonyl (C=O) groups is 1. The first-order valence-electron chi connectivity index (χ1n) is 9.88. The highest BCUT2D eigenvalue weighted by atomic mass is 32.2. The van der Waals surface area contributed by atoms with Gasteiger partial charge in [-0.05, 0) is 76.0 Å². The molecule has 6 nitrogen and oxygen atoms in total. The molecule has 0 unspecified atom stereocenters. The molecule has 0 radical (unpaired) electrons. The van der Waals surface area contributed by atoms with Crippen LogP contribution in [-0.4, -0.2) is 33.1 Å². The molecule has 1 heterocycles. The van der Waals surface area contributed by atoms with Crippen LogP contribution in [0.3, 0.4) is 0 Å². The number of aryl methyl sites for hydroxylation is 2. The molecule has 1 fully saturated rings. The van der Waals surface area contributed by atoms with Gasteiger partial charge in [-0.15, -0.1) is 0 Å². The summed E-state index contributed by atoms with van der Waals surface area (Å²) in [6.45, 7) is 6.68. The predicted molar refractivity (Wildman–Crippen MR) is 116 cm³/mol. The summed E-state index contributed by atoms with van der Waals surface area (Å²) < 4.78 is 44.2. The summed E-state index contributed by atoms with van der Waals surface area (Å²) in [6.07, 6.45) is 1.64. The number of benzene rings is 2. The van der Waals surface area contributed by atoms with Crippen LogP contribution in [0, 0.1) is 25.6 Å². The Balaban J connectivity index is 1.86. The average Bonchev–Trinajstić information content (AvgIpc) is 2.71. The van der Waals surface area contributed by atoms with Gasteiger partial charge in [0.05, 0.1) is 10.6 Å². The minimum atomic E-state index is -4.04. The Morgan fingerprint density at radius 2 is 1.80 bits per heavy atom. The van der Waals surface area contributed by atoms with Gasteiger partial charge >= 0.3 is 0 Å². The number of sulfonamides is 1. The third kappa shape index (κ3) is 4.94. The molecule has 1 aliphatic rings. The summed E-state index contributed by atoms with van der Waals surface area (Å²) in [5, 5.41) is 5.78. The number of piperidine rings is 1. The Labute approximate surface area is 176 Å². The lowest BCUT2D eigenvalue weighted by Crippen LogP contribution is -2.31. The van der Waals surface area contributed by atoms with Gasteiger partial charge in [-0.3, -0.25) is 4.79 Å². The van der Waals surface area contributed by atoms with E-state index >= 15 is 0 Å². The largest absolute Gasteiger partial charge is 0.319 e. The summed E-state index contributed by atoms with van der Waals surface area (Å²) >= 11 is 0. The van der Waals surface area contributed by atoms with Gasteiger partial charge in [0.2, 0.25) is 0 Å². The van der Waals surface area contributed by atoms with Gasteiger partial charge in [0.1, 0.15) is 5.82 Å². The summed E-state index contributed by atoms with van der Waals surface area (Å²) in [7, 11) is -4.04. The molecule has 3 rings (SSSR count). The van der Waals surface area contributed by atoms with Gasteiger partial charge < -0.3 is 10.6 Å². The van der Waals surface area contributed by atoms with E-state index in [1.165, 1.54) is 6.07 Å². The second kappa shape index (κ2) is 9.06. The number of amides is 1. The Morgan fingerprint density at radius 1 is 1.13 bits per heavy atom. The molecule has 160 valence electrons. The fraction of sp³-hybridized carbons (Fsp3) is 0.364. The Kier molecular flexibility index (Phi) is 6.67. The van der Waals surface area contributed by atoms with Gasteiger partial charge in [-0.1, -0.05) is 18.2 Å². The summed E-state index contributed by atoms with van der Waals surface area (Å²) in [5.41, 5.74) is 1.99. The first kappa shape index (κ1) is 22.1. The summed E-state index contributed by atoms with van der Waals surface area (Å²) in [4.78, 5) is 12.3. The lowest BCUT2D eigenvalue weighted by Gasteiger charge is -2.22. The molecule has 0 spiro atoms. The van der Waals surface area contributed by atoms with Gasteiger partial charge in [0.15, 0.2) is 0 Å². The molecule has 2 aromatic carbocycles. The van der Waals surface area contributed by atoms with Crippen molar-refractivity contribution in [2.75, 3.05) is 18.4 Å². The van der Waals surface area contributed by atoms with E-state index in [2.05, 4.69) is 15.0 Å². The van der Waals surface area contributed by atoms with Crippen molar-refractivity contribution in [3.8, 4) is 0 Å². The molecular weight excluding hydrogens is 405 g/mol. The zero-order chi connectivity index (χ0) is 21.9. The van der Waals surface area contributed by atoms with E-state index in [9.17, 15) is 17.6 Å². The first-order chi connectivity index (χ1) is 14.2. The SMILES string of the molecule is CC(=NS(=O)(=O)c1cc(C)c(NC(=O)c2ccccc2C)c(F)c1)C1CCNCC1. The molecule has 0 atom stereocenters. The molecule has 0 saturated carbocycles. The minimum Gasteiger partial charge on any atom is -0.319 e. The lowest BCUT2D eigenvalue weighted by molar-refractivity contribution is 0.102. The molecule has 0 bridgehead atoms. The molecule has 0 aromatic heterocycles. The van der Waals surface area contributed by atoms with Crippen LogP contribution in [-0.2, 0) is 10.0 Å². The van der Waals surface area contributed by atoms with Gasteiger partial charge in [0, 0.05) is 17.2 Å². The van der Waals surface area contributed by atoms with Crippen LogP contribution < -0.4 is 10.6 Å². The van der Waals surface area contributed by atoms with E-state index < -0.39 is 21.7 Å². The van der Waals surface area contributed by atoms with Crippen LogP contribution in [0.15, 0.2) is 45.7 Å². The van der Waals surface area contributed by atoms with Crippen LogP contribution >= 0.6 is 0 Å². The number of nitrogens with zero attached hydrogens (tertiary/aromatic N) is 1. The van der Waals surface area contributed by atoms with Crippen molar-refractivity contribution < 1.29 is 17.6 Å². The zero-order valence-electron chi connectivity index (χ0n) is 17.3. The predicted octanol–water partition coefficient (Wildman–Crippen LogP) is 3.84. The Morgan fingerprint density at radius 3 is 2.43 bits per heavy atom. The van der Waals surface area contributed by atoms with Gasteiger partial charge in [0.25, 0.3) is 15.9 Å². The molecule has 1 aliphatic heterocycles. The standard InChI is InChI=1S/C22H26FN3O3S/c1-14-6-4-5-7-19(14)22(27)25-21-15(2)12-18(13-20(21)23)30(28,29)26-16(3)17-8-10-24-11-9-17/h4-7,12-13,17,24H,8-11H2,1-3H3,(H,25,27). The molecule has 8 heteroatoms. The second-order valence-corrected chi connectivity index (χ2v) is 9.20.